The van der Waals surface area contributed by atoms with E-state index in [4.69, 9.17) is 4.74 Å². The van der Waals surface area contributed by atoms with Crippen molar-refractivity contribution >= 4 is 21.6 Å². The summed E-state index contributed by atoms with van der Waals surface area (Å²) in [5, 5.41) is 0. The Balaban J connectivity index is 2.06. The first-order valence-electron chi connectivity index (χ1n) is 8.75. The van der Waals surface area contributed by atoms with E-state index in [1.807, 2.05) is 0 Å². The molecule has 0 N–H and O–H groups in total. The van der Waals surface area contributed by atoms with Crippen molar-refractivity contribution in [2.75, 3.05) is 19.0 Å². The molecule has 0 spiro atoms. The molecule has 4 nitrogen and oxygen atoms in total. The van der Waals surface area contributed by atoms with Crippen molar-refractivity contribution in [3.63, 3.8) is 0 Å². The molecule has 0 bridgehead atoms. The average molecular weight is 485 g/mol. The van der Waals surface area contributed by atoms with Gasteiger partial charge in [0.1, 0.15) is 40.0 Å². The Bertz CT molecular complexity index is 1180. The maximum absolute atomic E-state index is 14.7. The highest BCUT2D eigenvalue weighted by Crippen LogP contribution is 2.31. The van der Waals surface area contributed by atoms with Gasteiger partial charge >= 0.3 is 0 Å². The zero-order chi connectivity index (χ0) is 22.2. The highest BCUT2D eigenvalue weighted by molar-refractivity contribution is 9.10. The van der Waals surface area contributed by atoms with Crippen molar-refractivity contribution in [1.82, 2.24) is 4.57 Å². The standard InChI is InChI=1S/C21H17BrF4N2O2/c1-11-6-18(30-10-12-4-5-13(23)7-15(12)25)19(22)21(29)28(11)20-16(26)8-14(24)9-17(20)27(2)3/h4-9H,10H2,1-3H3. The summed E-state index contributed by atoms with van der Waals surface area (Å²) in [6.07, 6.45) is 0. The molecule has 0 saturated heterocycles. The van der Waals surface area contributed by atoms with Crippen LogP contribution < -0.4 is 15.2 Å². The Kier molecular flexibility index (Phi) is 6.21. The number of rotatable bonds is 5. The quantitative estimate of drug-likeness (QED) is 0.472. The van der Waals surface area contributed by atoms with E-state index >= 15 is 0 Å². The molecule has 0 radical (unpaired) electrons. The van der Waals surface area contributed by atoms with E-state index in [2.05, 4.69) is 15.9 Å². The van der Waals surface area contributed by atoms with E-state index < -0.39 is 28.8 Å². The summed E-state index contributed by atoms with van der Waals surface area (Å²) < 4.78 is 61.8. The molecule has 1 heterocycles. The number of pyridine rings is 1. The number of halogens is 5. The number of anilines is 1. The lowest BCUT2D eigenvalue weighted by Gasteiger charge is -2.22. The first-order valence-corrected chi connectivity index (χ1v) is 9.55. The van der Waals surface area contributed by atoms with Gasteiger partial charge in [0, 0.05) is 43.6 Å². The molecular formula is C21H17BrF4N2O2. The molecule has 0 atom stereocenters. The molecule has 0 aliphatic rings. The van der Waals surface area contributed by atoms with Crippen LogP contribution in [0.5, 0.6) is 5.75 Å². The molecule has 0 amide bonds. The summed E-state index contributed by atoms with van der Waals surface area (Å²) in [5.74, 6) is -3.07. The van der Waals surface area contributed by atoms with Gasteiger partial charge in [-0.05, 0) is 41.1 Å². The molecule has 158 valence electrons. The minimum atomic E-state index is -0.905. The van der Waals surface area contributed by atoms with Crippen LogP contribution in [0.2, 0.25) is 0 Å². The first-order chi connectivity index (χ1) is 14.1. The Morgan fingerprint density at radius 1 is 1.00 bits per heavy atom. The second-order valence-electron chi connectivity index (χ2n) is 6.78. The van der Waals surface area contributed by atoms with Gasteiger partial charge < -0.3 is 9.64 Å². The normalized spacial score (nSPS) is 10.9. The lowest BCUT2D eigenvalue weighted by Crippen LogP contribution is -2.25. The van der Waals surface area contributed by atoms with Crippen LogP contribution in [-0.4, -0.2) is 18.7 Å². The fourth-order valence-electron chi connectivity index (χ4n) is 2.97. The van der Waals surface area contributed by atoms with Gasteiger partial charge in [-0.15, -0.1) is 0 Å². The third kappa shape index (κ3) is 4.21. The van der Waals surface area contributed by atoms with Gasteiger partial charge in [-0.2, -0.15) is 0 Å². The van der Waals surface area contributed by atoms with Gasteiger partial charge in [0.2, 0.25) is 0 Å². The second-order valence-corrected chi connectivity index (χ2v) is 7.57. The smallest absolute Gasteiger partial charge is 0.273 e. The molecule has 0 aliphatic carbocycles. The summed E-state index contributed by atoms with van der Waals surface area (Å²) >= 11 is 3.14. The Hall–Kier alpha value is -2.81. The highest BCUT2D eigenvalue weighted by atomic mass is 79.9. The number of hydrogen-bond donors (Lipinski definition) is 0. The van der Waals surface area contributed by atoms with E-state index in [1.165, 1.54) is 17.0 Å². The van der Waals surface area contributed by atoms with Crippen molar-refractivity contribution in [3.8, 4) is 11.4 Å². The third-order valence-corrected chi connectivity index (χ3v) is 5.14. The van der Waals surface area contributed by atoms with Crippen LogP contribution in [0.15, 0.2) is 45.7 Å². The fourth-order valence-corrected chi connectivity index (χ4v) is 3.38. The van der Waals surface area contributed by atoms with Crippen LogP contribution in [0, 0.1) is 30.2 Å². The van der Waals surface area contributed by atoms with Crippen LogP contribution in [0.4, 0.5) is 23.2 Å². The number of nitrogens with zero attached hydrogens (tertiary/aromatic N) is 2. The minimum Gasteiger partial charge on any atom is -0.487 e. The Morgan fingerprint density at radius 3 is 2.30 bits per heavy atom. The first kappa shape index (κ1) is 21.9. The van der Waals surface area contributed by atoms with Crippen LogP contribution in [-0.2, 0) is 6.61 Å². The molecule has 2 aromatic carbocycles. The lowest BCUT2D eigenvalue weighted by molar-refractivity contribution is 0.296. The number of aryl methyl sites for hydroxylation is 1. The number of benzene rings is 2. The zero-order valence-electron chi connectivity index (χ0n) is 16.3. The summed E-state index contributed by atoms with van der Waals surface area (Å²) in [6.45, 7) is 1.31. The second kappa shape index (κ2) is 8.51. The van der Waals surface area contributed by atoms with Crippen molar-refractivity contribution in [3.05, 3.63) is 85.8 Å². The molecule has 3 aromatic rings. The summed E-state index contributed by atoms with van der Waals surface area (Å²) in [6, 6.07) is 6.36. The van der Waals surface area contributed by atoms with E-state index in [0.717, 1.165) is 22.8 Å². The topological polar surface area (TPSA) is 34.5 Å². The predicted molar refractivity (Wildman–Crippen MR) is 109 cm³/mol. The average Bonchev–Trinajstić information content (AvgIpc) is 2.65. The molecule has 30 heavy (non-hydrogen) atoms. The number of hydrogen-bond acceptors (Lipinski definition) is 3. The monoisotopic (exact) mass is 484 g/mol. The van der Waals surface area contributed by atoms with Gasteiger partial charge in [0.25, 0.3) is 5.56 Å². The van der Waals surface area contributed by atoms with Crippen molar-refractivity contribution < 1.29 is 22.3 Å². The summed E-state index contributed by atoms with van der Waals surface area (Å²) in [5.41, 5.74) is -0.165. The molecule has 9 heteroatoms. The zero-order valence-corrected chi connectivity index (χ0v) is 17.9. The van der Waals surface area contributed by atoms with Gasteiger partial charge in [-0.25, -0.2) is 17.6 Å². The Labute approximate surface area is 178 Å². The Morgan fingerprint density at radius 2 is 1.67 bits per heavy atom. The summed E-state index contributed by atoms with van der Waals surface area (Å²) in [4.78, 5) is 14.5. The SMILES string of the molecule is Cc1cc(OCc2ccc(F)cc2F)c(Br)c(=O)n1-c1c(F)cc(F)cc1N(C)C. The lowest BCUT2D eigenvalue weighted by atomic mass is 10.2. The maximum atomic E-state index is 14.7. The molecule has 3 rings (SSSR count). The molecule has 1 aromatic heterocycles. The van der Waals surface area contributed by atoms with Crippen LogP contribution in [0.1, 0.15) is 11.3 Å². The summed E-state index contributed by atoms with van der Waals surface area (Å²) in [7, 11) is 3.20. The van der Waals surface area contributed by atoms with Crippen molar-refractivity contribution in [1.29, 1.82) is 0 Å². The van der Waals surface area contributed by atoms with Crippen LogP contribution >= 0.6 is 15.9 Å². The molecule has 0 saturated carbocycles. The van der Waals surface area contributed by atoms with E-state index in [-0.39, 0.29) is 33.8 Å². The van der Waals surface area contributed by atoms with Gasteiger partial charge in [0.05, 0.1) is 5.69 Å². The number of aromatic nitrogens is 1. The van der Waals surface area contributed by atoms with Gasteiger partial charge in [0.15, 0.2) is 5.82 Å². The van der Waals surface area contributed by atoms with Gasteiger partial charge in [-0.1, -0.05) is 0 Å². The van der Waals surface area contributed by atoms with Gasteiger partial charge in [-0.3, -0.25) is 9.36 Å². The maximum Gasteiger partial charge on any atom is 0.273 e. The molecule has 0 aliphatic heterocycles. The fraction of sp³-hybridized carbons (Fsp3) is 0.190. The van der Waals surface area contributed by atoms with E-state index in [9.17, 15) is 22.4 Å². The van der Waals surface area contributed by atoms with Crippen LogP contribution in [0.3, 0.4) is 0 Å². The largest absolute Gasteiger partial charge is 0.487 e. The number of ether oxygens (including phenoxy) is 1. The van der Waals surface area contributed by atoms with Crippen molar-refractivity contribution in [2.45, 2.75) is 13.5 Å². The third-order valence-electron chi connectivity index (χ3n) is 4.41. The predicted octanol–water partition coefficient (Wildman–Crippen LogP) is 5.11. The minimum absolute atomic E-state index is 0.0240. The van der Waals surface area contributed by atoms with E-state index in [0.29, 0.717) is 11.8 Å². The molecular weight excluding hydrogens is 468 g/mol. The molecule has 0 unspecified atom stereocenters. The molecule has 0 fully saturated rings. The highest BCUT2D eigenvalue weighted by Gasteiger charge is 2.21. The van der Waals surface area contributed by atoms with E-state index in [1.54, 1.807) is 21.0 Å². The van der Waals surface area contributed by atoms with Crippen molar-refractivity contribution in [2.24, 2.45) is 0 Å². The van der Waals surface area contributed by atoms with Crippen LogP contribution in [0.25, 0.3) is 5.69 Å².